The number of fused-ring (bicyclic) bond motifs is 1. The maximum absolute atomic E-state index is 11.9. The van der Waals surface area contributed by atoms with Crippen LogP contribution in [0.2, 0.25) is 0 Å². The predicted octanol–water partition coefficient (Wildman–Crippen LogP) is 0.175. The fourth-order valence-electron chi connectivity index (χ4n) is 2.00. The lowest BCUT2D eigenvalue weighted by molar-refractivity contribution is -0.122. The third-order valence-corrected chi connectivity index (χ3v) is 2.92. The van der Waals surface area contributed by atoms with Crippen molar-refractivity contribution in [2.24, 2.45) is 0 Å². The van der Waals surface area contributed by atoms with E-state index in [-0.39, 0.29) is 11.8 Å². The second-order valence-corrected chi connectivity index (χ2v) is 4.14. The maximum Gasteiger partial charge on any atom is 0.247 e. The van der Waals surface area contributed by atoms with E-state index in [1.165, 1.54) is 0 Å². The number of para-hydroxylation sites is 1. The zero-order valence-corrected chi connectivity index (χ0v) is 9.43. The van der Waals surface area contributed by atoms with Gasteiger partial charge in [0.25, 0.3) is 0 Å². The van der Waals surface area contributed by atoms with Crippen molar-refractivity contribution in [1.29, 1.82) is 0 Å². The van der Waals surface area contributed by atoms with Crippen molar-refractivity contribution < 1.29 is 9.59 Å². The van der Waals surface area contributed by atoms with Gasteiger partial charge in [0.15, 0.2) is 0 Å². The molecule has 1 atom stereocenters. The third-order valence-electron chi connectivity index (χ3n) is 2.92. The van der Waals surface area contributed by atoms with Gasteiger partial charge in [-0.2, -0.15) is 15.4 Å². The summed E-state index contributed by atoms with van der Waals surface area (Å²) in [5.74, 6) is -0.314. The van der Waals surface area contributed by atoms with Crippen molar-refractivity contribution in [1.82, 2.24) is 20.7 Å². The zero-order valence-electron chi connectivity index (χ0n) is 9.43. The fraction of sp³-hybridized carbons (Fsp3) is 0.273. The minimum absolute atomic E-state index is 0.0882. The van der Waals surface area contributed by atoms with E-state index in [4.69, 9.17) is 0 Å². The highest BCUT2D eigenvalue weighted by Crippen LogP contribution is 2.19. The molecular formula is C11H11N5O2. The number of benzene rings is 1. The molecule has 0 bridgehead atoms. The molecule has 0 spiro atoms. The van der Waals surface area contributed by atoms with E-state index in [1.54, 1.807) is 18.2 Å². The average molecular weight is 245 g/mol. The number of carbonyl (C=O) groups is 2. The third kappa shape index (κ3) is 1.79. The number of aromatic amines is 1. The number of nitrogens with zero attached hydrogens (tertiary/aromatic N) is 2. The molecule has 2 heterocycles. The summed E-state index contributed by atoms with van der Waals surface area (Å²) in [6.45, 7) is 0. The first-order valence-corrected chi connectivity index (χ1v) is 5.64. The fourth-order valence-corrected chi connectivity index (χ4v) is 2.00. The van der Waals surface area contributed by atoms with Crippen LogP contribution in [0.25, 0.3) is 11.0 Å². The molecule has 2 amide bonds. The predicted molar refractivity (Wildman–Crippen MR) is 63.7 cm³/mol. The highest BCUT2D eigenvalue weighted by atomic mass is 16.2. The van der Waals surface area contributed by atoms with Crippen molar-refractivity contribution in [2.45, 2.75) is 18.9 Å². The SMILES string of the molecule is O=C1CCC(C(=O)Nc2cccc3n[nH]nc23)N1. The number of rotatable bonds is 2. The van der Waals surface area contributed by atoms with Crippen LogP contribution < -0.4 is 10.6 Å². The molecular weight excluding hydrogens is 234 g/mol. The largest absolute Gasteiger partial charge is 0.344 e. The van der Waals surface area contributed by atoms with Crippen LogP contribution in [-0.4, -0.2) is 33.3 Å². The molecule has 92 valence electrons. The summed E-state index contributed by atoms with van der Waals surface area (Å²) in [5, 5.41) is 15.8. The van der Waals surface area contributed by atoms with Gasteiger partial charge in [-0.25, -0.2) is 0 Å². The average Bonchev–Trinajstić information content (AvgIpc) is 2.97. The molecule has 1 fully saturated rings. The number of anilines is 1. The molecule has 1 aromatic heterocycles. The Kier molecular flexibility index (Phi) is 2.44. The number of H-pyrrole nitrogens is 1. The first-order valence-electron chi connectivity index (χ1n) is 5.64. The molecule has 0 radical (unpaired) electrons. The molecule has 3 N–H and O–H groups in total. The Balaban J connectivity index is 1.82. The number of carbonyl (C=O) groups excluding carboxylic acids is 2. The second kappa shape index (κ2) is 4.10. The summed E-state index contributed by atoms with van der Waals surface area (Å²) >= 11 is 0. The first-order chi connectivity index (χ1) is 8.74. The molecule has 0 saturated carbocycles. The number of hydrogen-bond donors (Lipinski definition) is 3. The van der Waals surface area contributed by atoms with Gasteiger partial charge in [-0.1, -0.05) is 6.07 Å². The van der Waals surface area contributed by atoms with Gasteiger partial charge in [-0.05, 0) is 18.6 Å². The molecule has 2 aromatic rings. The highest BCUT2D eigenvalue weighted by Gasteiger charge is 2.27. The van der Waals surface area contributed by atoms with Crippen LogP contribution in [-0.2, 0) is 9.59 Å². The highest BCUT2D eigenvalue weighted by molar-refractivity contribution is 6.03. The quantitative estimate of drug-likeness (QED) is 0.702. The van der Waals surface area contributed by atoms with Crippen LogP contribution in [0.5, 0.6) is 0 Å². The Morgan fingerprint density at radius 2 is 2.28 bits per heavy atom. The van der Waals surface area contributed by atoms with Crippen molar-refractivity contribution in [3.05, 3.63) is 18.2 Å². The van der Waals surface area contributed by atoms with Crippen molar-refractivity contribution in [2.75, 3.05) is 5.32 Å². The molecule has 1 aliphatic heterocycles. The summed E-state index contributed by atoms with van der Waals surface area (Å²) < 4.78 is 0. The smallest absolute Gasteiger partial charge is 0.247 e. The number of aromatic nitrogens is 3. The molecule has 1 saturated heterocycles. The maximum atomic E-state index is 11.9. The Bertz CT molecular complexity index is 621. The van der Waals surface area contributed by atoms with Gasteiger partial charge < -0.3 is 10.6 Å². The minimum atomic E-state index is -0.459. The zero-order chi connectivity index (χ0) is 12.5. The van der Waals surface area contributed by atoms with E-state index in [1.807, 2.05) is 0 Å². The molecule has 1 aromatic carbocycles. The standard InChI is InChI=1S/C11H11N5O2/c17-9-5-4-8(12-9)11(18)13-6-2-1-3-7-10(6)15-16-14-7/h1-3,8H,4-5H2,(H,12,17)(H,13,18)(H,14,15,16). The van der Waals surface area contributed by atoms with Gasteiger partial charge in [-0.3, -0.25) is 9.59 Å². The van der Waals surface area contributed by atoms with Crippen molar-refractivity contribution in [3.63, 3.8) is 0 Å². The second-order valence-electron chi connectivity index (χ2n) is 4.14. The van der Waals surface area contributed by atoms with E-state index in [0.29, 0.717) is 29.6 Å². The van der Waals surface area contributed by atoms with Gasteiger partial charge in [0.05, 0.1) is 5.69 Å². The van der Waals surface area contributed by atoms with E-state index >= 15 is 0 Å². The van der Waals surface area contributed by atoms with Gasteiger partial charge in [0.2, 0.25) is 11.8 Å². The van der Waals surface area contributed by atoms with Crippen molar-refractivity contribution in [3.8, 4) is 0 Å². The van der Waals surface area contributed by atoms with Crippen LogP contribution in [0.1, 0.15) is 12.8 Å². The first kappa shape index (κ1) is 10.7. The topological polar surface area (TPSA) is 99.8 Å². The van der Waals surface area contributed by atoms with Crippen LogP contribution in [0, 0.1) is 0 Å². The normalized spacial score (nSPS) is 18.9. The van der Waals surface area contributed by atoms with Gasteiger partial charge in [-0.15, -0.1) is 0 Å². The van der Waals surface area contributed by atoms with Crippen LogP contribution in [0.15, 0.2) is 18.2 Å². The monoisotopic (exact) mass is 245 g/mol. The van der Waals surface area contributed by atoms with Gasteiger partial charge >= 0.3 is 0 Å². The number of hydrogen-bond acceptors (Lipinski definition) is 4. The molecule has 1 unspecified atom stereocenters. The molecule has 7 heteroatoms. The van der Waals surface area contributed by atoms with Crippen LogP contribution >= 0.6 is 0 Å². The van der Waals surface area contributed by atoms with Gasteiger partial charge in [0, 0.05) is 6.42 Å². The lowest BCUT2D eigenvalue weighted by atomic mass is 10.2. The summed E-state index contributed by atoms with van der Waals surface area (Å²) in [6.07, 6.45) is 0.922. The Labute approximate surface area is 102 Å². The molecule has 1 aliphatic rings. The van der Waals surface area contributed by atoms with E-state index in [2.05, 4.69) is 26.0 Å². The Hall–Kier alpha value is -2.44. The summed E-state index contributed by atoms with van der Waals surface area (Å²) in [5.41, 5.74) is 1.88. The van der Waals surface area contributed by atoms with E-state index in [9.17, 15) is 9.59 Å². The molecule has 0 aliphatic carbocycles. The summed E-state index contributed by atoms with van der Waals surface area (Å²) in [4.78, 5) is 23.0. The summed E-state index contributed by atoms with van der Waals surface area (Å²) in [7, 11) is 0. The van der Waals surface area contributed by atoms with E-state index < -0.39 is 6.04 Å². The number of nitrogens with one attached hydrogen (secondary N) is 3. The number of amides is 2. The summed E-state index contributed by atoms with van der Waals surface area (Å²) in [6, 6.07) is 4.87. The van der Waals surface area contributed by atoms with E-state index in [0.717, 1.165) is 0 Å². The molecule has 18 heavy (non-hydrogen) atoms. The Morgan fingerprint density at radius 3 is 3.06 bits per heavy atom. The van der Waals surface area contributed by atoms with Crippen LogP contribution in [0.3, 0.4) is 0 Å². The van der Waals surface area contributed by atoms with Crippen molar-refractivity contribution >= 4 is 28.5 Å². The van der Waals surface area contributed by atoms with Crippen LogP contribution in [0.4, 0.5) is 5.69 Å². The lowest BCUT2D eigenvalue weighted by Gasteiger charge is -2.10. The lowest BCUT2D eigenvalue weighted by Crippen LogP contribution is -2.37. The van der Waals surface area contributed by atoms with Gasteiger partial charge in [0.1, 0.15) is 17.1 Å². The Morgan fingerprint density at radius 1 is 1.39 bits per heavy atom. The minimum Gasteiger partial charge on any atom is -0.344 e. The molecule has 7 nitrogen and oxygen atoms in total. The molecule has 3 rings (SSSR count).